The summed E-state index contributed by atoms with van der Waals surface area (Å²) in [5, 5.41) is 12.5. The first-order valence-corrected chi connectivity index (χ1v) is 18.3. The fourth-order valence-electron chi connectivity index (χ4n) is 8.05. The van der Waals surface area contributed by atoms with Crippen LogP contribution in [0.15, 0.2) is 73.8 Å². The first-order chi connectivity index (χ1) is 24.0. The molecule has 0 aromatic heterocycles. The summed E-state index contributed by atoms with van der Waals surface area (Å²) in [4.78, 5) is 59.6. The number of hydrogen-bond acceptors (Lipinski definition) is 7. The zero-order chi connectivity index (χ0) is 36.2. The van der Waals surface area contributed by atoms with E-state index in [2.05, 4.69) is 34.4 Å². The molecule has 11 heteroatoms. The smallest absolute Gasteiger partial charge is 0.313 e. The van der Waals surface area contributed by atoms with Crippen LogP contribution in [0.2, 0.25) is 0 Å². The van der Waals surface area contributed by atoms with E-state index in [9.17, 15) is 24.3 Å². The number of amides is 3. The number of alkyl halides is 1. The van der Waals surface area contributed by atoms with Crippen LogP contribution in [0.5, 0.6) is 0 Å². The molecule has 2 aromatic rings. The number of hydrogen-bond donors (Lipinski definition) is 2. The number of aliphatic hydroxyl groups is 1. The van der Waals surface area contributed by atoms with E-state index in [1.807, 2.05) is 62.4 Å². The highest BCUT2D eigenvalue weighted by atomic mass is 79.9. The monoisotopic (exact) mass is 749 g/mol. The maximum absolute atomic E-state index is 14.9. The van der Waals surface area contributed by atoms with E-state index in [0.717, 1.165) is 16.8 Å². The summed E-state index contributed by atoms with van der Waals surface area (Å²) in [6.45, 7) is 13.6. The van der Waals surface area contributed by atoms with Gasteiger partial charge in [-0.3, -0.25) is 19.2 Å². The van der Waals surface area contributed by atoms with Gasteiger partial charge in [0, 0.05) is 36.6 Å². The van der Waals surface area contributed by atoms with Gasteiger partial charge in [-0.05, 0) is 63.1 Å². The number of benzene rings is 2. The molecule has 2 N–H and O–H groups in total. The molecular formula is C39H48BrN3O7. The van der Waals surface area contributed by atoms with Gasteiger partial charge in [-0.2, -0.15) is 0 Å². The molecule has 10 nitrogen and oxygen atoms in total. The molecule has 50 heavy (non-hydrogen) atoms. The van der Waals surface area contributed by atoms with Gasteiger partial charge in [0.1, 0.15) is 17.7 Å². The van der Waals surface area contributed by atoms with E-state index in [4.69, 9.17) is 9.47 Å². The first-order valence-electron chi connectivity index (χ1n) is 17.4. The van der Waals surface area contributed by atoms with Gasteiger partial charge in [0.15, 0.2) is 0 Å². The Morgan fingerprint density at radius 3 is 2.46 bits per heavy atom. The molecule has 1 unspecified atom stereocenters. The number of para-hydroxylation sites is 1. The highest BCUT2D eigenvalue weighted by Crippen LogP contribution is 2.60. The van der Waals surface area contributed by atoms with Crippen molar-refractivity contribution in [3.05, 3.63) is 90.5 Å². The second-order valence-corrected chi connectivity index (χ2v) is 14.7. The molecule has 2 aromatic carbocycles. The van der Waals surface area contributed by atoms with Gasteiger partial charge in [0.25, 0.3) is 5.91 Å². The molecule has 1 spiro atoms. The number of unbranched alkanes of at least 4 members (excludes halogenated alkanes) is 1. The number of anilines is 1. The highest BCUT2D eigenvalue weighted by molar-refractivity contribution is 9.09. The van der Waals surface area contributed by atoms with E-state index in [-0.39, 0.29) is 48.7 Å². The number of allylic oxidation sites excluding steroid dienone is 1. The number of nitrogens with zero attached hydrogens (tertiary/aromatic N) is 2. The SMILES string of the molecule is C=CCCC(=O)N[C@@H](C)[C@H](OC(=O)[C@H]1[C@@H]2O[C@@]3(CC2Br)[C@@H]1C(=O)N(CCCCO)[C@@H]3C(=O)N(CC=C)c1c(C)cccc1C)c1ccccc1. The Kier molecular flexibility index (Phi) is 12.0. The number of carbonyl (C=O) groups is 4. The molecule has 3 saturated heterocycles. The van der Waals surface area contributed by atoms with Crippen molar-refractivity contribution >= 4 is 45.3 Å². The van der Waals surface area contributed by atoms with Crippen molar-refractivity contribution in [1.29, 1.82) is 0 Å². The quantitative estimate of drug-likeness (QED) is 0.106. The maximum atomic E-state index is 14.9. The van der Waals surface area contributed by atoms with Crippen LogP contribution < -0.4 is 10.2 Å². The Morgan fingerprint density at radius 1 is 1.12 bits per heavy atom. The van der Waals surface area contributed by atoms with E-state index < -0.39 is 47.7 Å². The summed E-state index contributed by atoms with van der Waals surface area (Å²) < 4.78 is 13.0. The number of nitrogens with one attached hydrogen (secondary N) is 1. The van der Waals surface area contributed by atoms with Gasteiger partial charge in [-0.1, -0.05) is 76.6 Å². The van der Waals surface area contributed by atoms with E-state index >= 15 is 0 Å². The van der Waals surface area contributed by atoms with Crippen LogP contribution in [-0.4, -0.2) is 82.0 Å². The maximum Gasteiger partial charge on any atom is 0.313 e. The van der Waals surface area contributed by atoms with Crippen LogP contribution in [0.25, 0.3) is 0 Å². The number of aryl methyl sites for hydroxylation is 2. The van der Waals surface area contributed by atoms with Gasteiger partial charge in [-0.25, -0.2) is 0 Å². The molecular weight excluding hydrogens is 702 g/mol. The summed E-state index contributed by atoms with van der Waals surface area (Å²) in [7, 11) is 0. The first kappa shape index (κ1) is 37.5. The second kappa shape index (κ2) is 16.0. The van der Waals surface area contributed by atoms with E-state index in [0.29, 0.717) is 31.2 Å². The third kappa shape index (κ3) is 7.05. The van der Waals surface area contributed by atoms with Crippen LogP contribution in [0.1, 0.15) is 61.8 Å². The van der Waals surface area contributed by atoms with Crippen LogP contribution in [-0.2, 0) is 28.7 Å². The molecule has 3 aliphatic heterocycles. The molecule has 3 amide bonds. The predicted molar refractivity (Wildman–Crippen MR) is 195 cm³/mol. The van der Waals surface area contributed by atoms with Crippen LogP contribution in [0, 0.1) is 25.7 Å². The molecule has 0 aliphatic carbocycles. The number of rotatable bonds is 16. The lowest BCUT2D eigenvalue weighted by molar-refractivity contribution is -0.162. The highest BCUT2D eigenvalue weighted by Gasteiger charge is 2.77. The minimum atomic E-state index is -1.29. The molecule has 0 radical (unpaired) electrons. The Balaban J connectivity index is 1.52. The molecule has 3 fully saturated rings. The second-order valence-electron chi connectivity index (χ2n) is 13.6. The molecule has 0 saturated carbocycles. The zero-order valence-corrected chi connectivity index (χ0v) is 30.6. The number of fused-ring (bicyclic) bond motifs is 1. The number of carbonyl (C=O) groups excluding carboxylic acids is 4. The molecule has 3 heterocycles. The van der Waals surface area contributed by atoms with Crippen LogP contribution in [0.4, 0.5) is 5.69 Å². The number of ether oxygens (including phenoxy) is 2. The predicted octanol–water partition coefficient (Wildman–Crippen LogP) is 5.10. The summed E-state index contributed by atoms with van der Waals surface area (Å²) in [6.07, 6.45) is 3.79. The van der Waals surface area contributed by atoms with Crippen molar-refractivity contribution in [1.82, 2.24) is 10.2 Å². The number of likely N-dealkylation sites (tertiary alicyclic amines) is 1. The summed E-state index contributed by atoms with van der Waals surface area (Å²) >= 11 is 3.75. The Hall–Kier alpha value is -3.80. The van der Waals surface area contributed by atoms with Crippen molar-refractivity contribution in [2.45, 2.75) is 87.6 Å². The summed E-state index contributed by atoms with van der Waals surface area (Å²) in [5.74, 6) is -3.43. The molecule has 268 valence electrons. The van der Waals surface area contributed by atoms with Gasteiger partial charge in [-0.15, -0.1) is 13.2 Å². The third-order valence-electron chi connectivity index (χ3n) is 10.2. The lowest BCUT2D eigenvalue weighted by Crippen LogP contribution is -2.57. The molecule has 5 rings (SSSR count). The fraction of sp³-hybridized carbons (Fsp3) is 0.487. The van der Waals surface area contributed by atoms with Crippen molar-refractivity contribution < 1.29 is 33.8 Å². The zero-order valence-electron chi connectivity index (χ0n) is 29.1. The van der Waals surface area contributed by atoms with Crippen molar-refractivity contribution in [2.75, 3.05) is 24.6 Å². The largest absolute Gasteiger partial charge is 0.455 e. The minimum absolute atomic E-state index is 0.0552. The molecule has 2 bridgehead atoms. The number of esters is 1. The number of aliphatic hydroxyl groups excluding tert-OH is 1. The van der Waals surface area contributed by atoms with Gasteiger partial charge >= 0.3 is 5.97 Å². The third-order valence-corrected chi connectivity index (χ3v) is 11.0. The summed E-state index contributed by atoms with van der Waals surface area (Å²) in [5.41, 5.74) is 1.95. The van der Waals surface area contributed by atoms with Crippen molar-refractivity contribution in [3.8, 4) is 0 Å². The molecule has 8 atom stereocenters. The standard InChI is InChI=1S/C39H48BrN3O7/c1-6-8-19-29(45)41-26(5)33(27-17-10-9-11-18-27)49-38(48)30-31-36(46)43(21-12-13-22-44)35(39(31)23-28(40)34(30)50-39)37(47)42(20-7-2)32-24(3)15-14-16-25(32)4/h6-7,9-11,14-18,26,28,30-31,33-35,44H,1-2,8,12-13,19-23H2,3-5H3,(H,41,45)/t26-,28?,30+,31-,33-,34+,35+,39-/m0/s1. The average Bonchev–Trinajstić information content (AvgIpc) is 3.68. The number of halogens is 1. The van der Waals surface area contributed by atoms with E-state index in [1.165, 1.54) is 0 Å². The Bertz CT molecular complexity index is 1580. The summed E-state index contributed by atoms with van der Waals surface area (Å²) in [6, 6.07) is 13.4. The van der Waals surface area contributed by atoms with Gasteiger partial charge in [0.2, 0.25) is 11.8 Å². The van der Waals surface area contributed by atoms with Crippen molar-refractivity contribution in [2.24, 2.45) is 11.8 Å². The lowest BCUT2D eigenvalue weighted by Gasteiger charge is -2.38. The normalized spacial score (nSPS) is 26.2. The van der Waals surface area contributed by atoms with Crippen LogP contribution in [0.3, 0.4) is 0 Å². The van der Waals surface area contributed by atoms with E-state index in [1.54, 1.807) is 28.9 Å². The Morgan fingerprint density at radius 2 is 1.82 bits per heavy atom. The van der Waals surface area contributed by atoms with Gasteiger partial charge in [0.05, 0.1) is 24.0 Å². The topological polar surface area (TPSA) is 125 Å². The average molecular weight is 751 g/mol. The van der Waals surface area contributed by atoms with Crippen molar-refractivity contribution in [3.63, 3.8) is 0 Å². The minimum Gasteiger partial charge on any atom is -0.455 e. The fourth-order valence-corrected chi connectivity index (χ4v) is 9.00. The lowest BCUT2D eigenvalue weighted by atomic mass is 9.70. The van der Waals surface area contributed by atoms with Gasteiger partial charge < -0.3 is 29.7 Å². The Labute approximate surface area is 303 Å². The molecule has 3 aliphatic rings. The van der Waals surface area contributed by atoms with Crippen LogP contribution >= 0.6 is 15.9 Å².